The number of nitrogens with zero attached hydrogens (tertiary/aromatic N) is 3. The Labute approximate surface area is 139 Å². The van der Waals surface area contributed by atoms with Gasteiger partial charge in [-0.05, 0) is 36.4 Å². The van der Waals surface area contributed by atoms with E-state index in [4.69, 9.17) is 9.15 Å². The molecule has 3 aromatic rings. The normalized spacial score (nSPS) is 10.6. The highest BCUT2D eigenvalue weighted by atomic mass is 16.5. The van der Waals surface area contributed by atoms with Crippen molar-refractivity contribution in [1.82, 2.24) is 20.3 Å². The Hall–Kier alpha value is -3.09. The molecule has 124 valence electrons. The first kappa shape index (κ1) is 15.8. The summed E-state index contributed by atoms with van der Waals surface area (Å²) >= 11 is 0. The number of nitrogens with one attached hydrogen (secondary N) is 1. The van der Waals surface area contributed by atoms with Gasteiger partial charge < -0.3 is 14.5 Å². The third-order valence-electron chi connectivity index (χ3n) is 3.54. The number of furan rings is 1. The van der Waals surface area contributed by atoms with Gasteiger partial charge in [-0.3, -0.25) is 4.79 Å². The van der Waals surface area contributed by atoms with Crippen molar-refractivity contribution in [3.63, 3.8) is 0 Å². The van der Waals surface area contributed by atoms with Crippen molar-refractivity contribution < 1.29 is 13.9 Å². The van der Waals surface area contributed by atoms with Crippen LogP contribution in [0.1, 0.15) is 28.9 Å². The molecule has 3 rings (SSSR count). The van der Waals surface area contributed by atoms with Gasteiger partial charge in [-0.25, -0.2) is 4.68 Å². The summed E-state index contributed by atoms with van der Waals surface area (Å²) in [6.07, 6.45) is 2.52. The number of amides is 1. The van der Waals surface area contributed by atoms with E-state index in [9.17, 15) is 4.79 Å². The fraction of sp³-hybridized carbons (Fsp3) is 0.235. The van der Waals surface area contributed by atoms with Gasteiger partial charge in [-0.1, -0.05) is 12.1 Å². The van der Waals surface area contributed by atoms with Crippen LogP contribution in [0.5, 0.6) is 5.75 Å². The van der Waals surface area contributed by atoms with Crippen molar-refractivity contribution in [2.45, 2.75) is 19.9 Å². The first-order valence-corrected chi connectivity index (χ1v) is 7.62. The van der Waals surface area contributed by atoms with Crippen LogP contribution in [0.3, 0.4) is 0 Å². The Morgan fingerprint density at radius 3 is 2.71 bits per heavy atom. The zero-order valence-electron chi connectivity index (χ0n) is 13.5. The van der Waals surface area contributed by atoms with Crippen LogP contribution in [0.25, 0.3) is 5.69 Å². The molecule has 2 heterocycles. The largest absolute Gasteiger partial charge is 0.497 e. The average Bonchev–Trinajstić information content (AvgIpc) is 3.29. The average molecular weight is 326 g/mol. The van der Waals surface area contributed by atoms with Gasteiger partial charge in [0.2, 0.25) is 0 Å². The summed E-state index contributed by atoms with van der Waals surface area (Å²) in [4.78, 5) is 12.0. The van der Waals surface area contributed by atoms with Gasteiger partial charge in [0.1, 0.15) is 17.2 Å². The quantitative estimate of drug-likeness (QED) is 0.752. The molecular formula is C17H18N4O3. The van der Waals surface area contributed by atoms with Crippen molar-refractivity contribution in [2.24, 2.45) is 0 Å². The van der Waals surface area contributed by atoms with E-state index in [-0.39, 0.29) is 12.5 Å². The van der Waals surface area contributed by atoms with Gasteiger partial charge in [-0.2, -0.15) is 0 Å². The number of hydrogen-bond donors (Lipinski definition) is 1. The van der Waals surface area contributed by atoms with Gasteiger partial charge >= 0.3 is 0 Å². The third-order valence-corrected chi connectivity index (χ3v) is 3.54. The Kier molecular flexibility index (Phi) is 4.60. The second-order valence-electron chi connectivity index (χ2n) is 5.15. The number of carbonyl (C=O) groups is 1. The summed E-state index contributed by atoms with van der Waals surface area (Å²) in [5.74, 6) is 1.59. The SMILES string of the molecule is CCc1ccc(C(=O)NCc2cn(-c3ccc(OC)cc3)nn2)o1. The fourth-order valence-corrected chi connectivity index (χ4v) is 2.19. The molecule has 0 aliphatic rings. The molecular weight excluding hydrogens is 308 g/mol. The summed E-state index contributed by atoms with van der Waals surface area (Å²) < 4.78 is 12.2. The van der Waals surface area contributed by atoms with Crippen LogP contribution in [0, 0.1) is 0 Å². The lowest BCUT2D eigenvalue weighted by atomic mass is 10.3. The Balaban J connectivity index is 1.62. The van der Waals surface area contributed by atoms with Gasteiger partial charge in [0.15, 0.2) is 5.76 Å². The number of carbonyl (C=O) groups excluding carboxylic acids is 1. The molecule has 0 fully saturated rings. The van der Waals surface area contributed by atoms with Gasteiger partial charge in [0, 0.05) is 6.42 Å². The van der Waals surface area contributed by atoms with Gasteiger partial charge in [-0.15, -0.1) is 5.10 Å². The summed E-state index contributed by atoms with van der Waals surface area (Å²) in [7, 11) is 1.62. The second kappa shape index (κ2) is 6.99. The van der Waals surface area contributed by atoms with Crippen LogP contribution in [0.4, 0.5) is 0 Å². The Morgan fingerprint density at radius 2 is 2.04 bits per heavy atom. The number of rotatable bonds is 6. The van der Waals surface area contributed by atoms with E-state index in [2.05, 4.69) is 15.6 Å². The minimum absolute atomic E-state index is 0.270. The molecule has 7 heteroatoms. The molecule has 0 aliphatic carbocycles. The molecule has 7 nitrogen and oxygen atoms in total. The maximum Gasteiger partial charge on any atom is 0.287 e. The lowest BCUT2D eigenvalue weighted by molar-refractivity contribution is 0.0921. The van der Waals surface area contributed by atoms with Crippen LogP contribution in [-0.4, -0.2) is 28.0 Å². The van der Waals surface area contributed by atoms with E-state index in [1.165, 1.54) is 0 Å². The van der Waals surface area contributed by atoms with E-state index >= 15 is 0 Å². The number of aromatic nitrogens is 3. The highest BCUT2D eigenvalue weighted by Crippen LogP contribution is 2.14. The number of hydrogen-bond acceptors (Lipinski definition) is 5. The van der Waals surface area contributed by atoms with Crippen molar-refractivity contribution in [1.29, 1.82) is 0 Å². The minimum atomic E-state index is -0.270. The first-order valence-electron chi connectivity index (χ1n) is 7.62. The van der Waals surface area contributed by atoms with E-state index in [0.29, 0.717) is 11.5 Å². The van der Waals surface area contributed by atoms with Crippen molar-refractivity contribution in [3.05, 3.63) is 59.8 Å². The molecule has 0 radical (unpaired) electrons. The monoisotopic (exact) mass is 326 g/mol. The molecule has 0 bridgehead atoms. The lowest BCUT2D eigenvalue weighted by Gasteiger charge is -2.02. The molecule has 1 N–H and O–H groups in total. The molecule has 2 aromatic heterocycles. The molecule has 0 atom stereocenters. The molecule has 24 heavy (non-hydrogen) atoms. The maximum absolute atomic E-state index is 12.0. The number of ether oxygens (including phenoxy) is 1. The van der Waals surface area contributed by atoms with E-state index in [1.807, 2.05) is 31.2 Å². The zero-order chi connectivity index (χ0) is 16.9. The molecule has 1 aromatic carbocycles. The number of methoxy groups -OCH3 is 1. The molecule has 0 saturated carbocycles. The lowest BCUT2D eigenvalue weighted by Crippen LogP contribution is -2.22. The molecule has 0 aliphatic heterocycles. The topological polar surface area (TPSA) is 82.2 Å². The number of benzene rings is 1. The van der Waals surface area contributed by atoms with Crippen molar-refractivity contribution in [2.75, 3.05) is 7.11 Å². The van der Waals surface area contributed by atoms with Crippen LogP contribution < -0.4 is 10.1 Å². The predicted molar refractivity (Wildman–Crippen MR) is 87.2 cm³/mol. The zero-order valence-corrected chi connectivity index (χ0v) is 13.5. The standard InChI is InChI=1S/C17H18N4O3/c1-3-14-8-9-16(24-14)17(22)18-10-12-11-21(20-19-12)13-4-6-15(23-2)7-5-13/h4-9,11H,3,10H2,1-2H3,(H,18,22). The third kappa shape index (κ3) is 3.45. The molecule has 0 unspecified atom stereocenters. The Bertz CT molecular complexity index is 820. The summed E-state index contributed by atoms with van der Waals surface area (Å²) in [5.41, 5.74) is 1.51. The number of aryl methyl sites for hydroxylation is 1. The molecule has 1 amide bonds. The Morgan fingerprint density at radius 1 is 1.25 bits per heavy atom. The maximum atomic E-state index is 12.0. The van der Waals surface area contributed by atoms with Crippen LogP contribution in [0.15, 0.2) is 47.0 Å². The van der Waals surface area contributed by atoms with Crippen LogP contribution in [-0.2, 0) is 13.0 Å². The van der Waals surface area contributed by atoms with E-state index < -0.39 is 0 Å². The minimum Gasteiger partial charge on any atom is -0.497 e. The fourth-order valence-electron chi connectivity index (χ4n) is 2.19. The predicted octanol–water partition coefficient (Wildman–Crippen LogP) is 2.36. The molecule has 0 spiro atoms. The van der Waals surface area contributed by atoms with Crippen LogP contribution in [0.2, 0.25) is 0 Å². The second-order valence-corrected chi connectivity index (χ2v) is 5.15. The van der Waals surface area contributed by atoms with Gasteiger partial charge in [0.25, 0.3) is 5.91 Å². The van der Waals surface area contributed by atoms with Crippen molar-refractivity contribution >= 4 is 5.91 Å². The van der Waals surface area contributed by atoms with Gasteiger partial charge in [0.05, 0.1) is 25.5 Å². The molecule has 0 saturated heterocycles. The van der Waals surface area contributed by atoms with E-state index in [0.717, 1.165) is 23.6 Å². The van der Waals surface area contributed by atoms with E-state index in [1.54, 1.807) is 30.1 Å². The van der Waals surface area contributed by atoms with Crippen LogP contribution >= 0.6 is 0 Å². The smallest absolute Gasteiger partial charge is 0.287 e. The van der Waals surface area contributed by atoms with Crippen molar-refractivity contribution in [3.8, 4) is 11.4 Å². The summed E-state index contributed by atoms with van der Waals surface area (Å²) in [6, 6.07) is 10.9. The summed E-state index contributed by atoms with van der Waals surface area (Å²) in [6.45, 7) is 2.25. The highest BCUT2D eigenvalue weighted by molar-refractivity contribution is 5.91. The first-order chi connectivity index (χ1) is 11.7. The summed E-state index contributed by atoms with van der Waals surface area (Å²) in [5, 5.41) is 10.9. The highest BCUT2D eigenvalue weighted by Gasteiger charge is 2.11.